The summed E-state index contributed by atoms with van der Waals surface area (Å²) in [6.07, 6.45) is 4.70. The number of piperidine rings is 3. The molecule has 3 saturated heterocycles. The van der Waals surface area contributed by atoms with Gasteiger partial charge in [-0.1, -0.05) is 0 Å². The SMILES string of the molecule is COc1ccc2cnn(CC3CN4CCC3CC4)c2c1. The average molecular weight is 271 g/mol. The number of nitrogens with zero attached hydrogens (tertiary/aromatic N) is 3. The highest BCUT2D eigenvalue weighted by Gasteiger charge is 2.34. The van der Waals surface area contributed by atoms with Gasteiger partial charge < -0.3 is 9.64 Å². The third kappa shape index (κ3) is 1.99. The smallest absolute Gasteiger partial charge is 0.121 e. The van der Waals surface area contributed by atoms with E-state index in [-0.39, 0.29) is 0 Å². The van der Waals surface area contributed by atoms with Crippen LogP contribution in [-0.4, -0.2) is 41.4 Å². The molecular weight excluding hydrogens is 250 g/mol. The standard InChI is InChI=1S/C16H21N3O/c1-20-15-3-2-13-9-17-19(16(13)8-15)11-14-10-18-6-4-12(14)5-7-18/h2-3,8-9,12,14H,4-7,10-11H2,1H3. The Bertz CT molecular complexity index is 613. The van der Waals surface area contributed by atoms with Gasteiger partial charge in [0, 0.05) is 24.5 Å². The van der Waals surface area contributed by atoms with Crippen LogP contribution in [0, 0.1) is 11.8 Å². The van der Waals surface area contributed by atoms with Crippen LogP contribution in [-0.2, 0) is 6.54 Å². The van der Waals surface area contributed by atoms with Crippen LogP contribution in [0.25, 0.3) is 10.9 Å². The molecule has 0 N–H and O–H groups in total. The second kappa shape index (κ2) is 4.77. The van der Waals surface area contributed by atoms with Crippen molar-refractivity contribution in [2.75, 3.05) is 26.7 Å². The minimum atomic E-state index is 0.756. The predicted octanol–water partition coefficient (Wildman–Crippen LogP) is 2.39. The molecule has 106 valence electrons. The zero-order chi connectivity index (χ0) is 13.5. The molecule has 0 spiro atoms. The van der Waals surface area contributed by atoms with Crippen molar-refractivity contribution in [1.82, 2.24) is 14.7 Å². The second-order valence-electron chi connectivity index (χ2n) is 6.15. The lowest BCUT2D eigenvalue weighted by molar-refractivity contribution is 0.0412. The summed E-state index contributed by atoms with van der Waals surface area (Å²) in [6.45, 7) is 4.89. The first kappa shape index (κ1) is 12.2. The summed E-state index contributed by atoms with van der Waals surface area (Å²) >= 11 is 0. The molecule has 20 heavy (non-hydrogen) atoms. The summed E-state index contributed by atoms with van der Waals surface area (Å²) in [6, 6.07) is 6.19. The Morgan fingerprint density at radius 1 is 1.30 bits per heavy atom. The van der Waals surface area contributed by atoms with E-state index < -0.39 is 0 Å². The van der Waals surface area contributed by atoms with Crippen LogP contribution in [0.15, 0.2) is 24.4 Å². The van der Waals surface area contributed by atoms with Gasteiger partial charge >= 0.3 is 0 Å². The highest BCUT2D eigenvalue weighted by atomic mass is 16.5. The molecule has 1 aromatic carbocycles. The van der Waals surface area contributed by atoms with Crippen molar-refractivity contribution in [1.29, 1.82) is 0 Å². The van der Waals surface area contributed by atoms with Crippen LogP contribution in [0.1, 0.15) is 12.8 Å². The Hall–Kier alpha value is -1.55. The second-order valence-corrected chi connectivity index (χ2v) is 6.15. The van der Waals surface area contributed by atoms with Crippen molar-refractivity contribution in [3.63, 3.8) is 0 Å². The molecular formula is C16H21N3O. The maximum atomic E-state index is 5.34. The molecule has 1 aromatic heterocycles. The van der Waals surface area contributed by atoms with Gasteiger partial charge in [0.25, 0.3) is 0 Å². The molecule has 0 aliphatic carbocycles. The predicted molar refractivity (Wildman–Crippen MR) is 78.9 cm³/mol. The van der Waals surface area contributed by atoms with E-state index in [1.807, 2.05) is 12.3 Å². The van der Waals surface area contributed by atoms with Gasteiger partial charge in [-0.15, -0.1) is 0 Å². The van der Waals surface area contributed by atoms with Crippen molar-refractivity contribution < 1.29 is 4.74 Å². The Morgan fingerprint density at radius 2 is 2.15 bits per heavy atom. The maximum Gasteiger partial charge on any atom is 0.121 e. The van der Waals surface area contributed by atoms with Gasteiger partial charge in [0.1, 0.15) is 5.75 Å². The van der Waals surface area contributed by atoms with Crippen LogP contribution in [0.2, 0.25) is 0 Å². The zero-order valence-corrected chi connectivity index (χ0v) is 12.0. The largest absolute Gasteiger partial charge is 0.497 e. The van der Waals surface area contributed by atoms with Gasteiger partial charge in [-0.2, -0.15) is 5.10 Å². The first-order valence-corrected chi connectivity index (χ1v) is 7.55. The molecule has 4 heterocycles. The van der Waals surface area contributed by atoms with E-state index >= 15 is 0 Å². The Morgan fingerprint density at radius 3 is 2.85 bits per heavy atom. The molecule has 5 rings (SSSR count). The molecule has 1 atom stereocenters. The number of ether oxygens (including phenoxy) is 1. The van der Waals surface area contributed by atoms with Gasteiger partial charge in [-0.05, 0) is 49.9 Å². The van der Waals surface area contributed by atoms with E-state index in [0.717, 1.165) is 24.1 Å². The fourth-order valence-corrected chi connectivity index (χ4v) is 3.84. The lowest BCUT2D eigenvalue weighted by Crippen LogP contribution is -2.48. The molecule has 3 fully saturated rings. The molecule has 0 radical (unpaired) electrons. The van der Waals surface area contributed by atoms with Crippen molar-refractivity contribution in [2.45, 2.75) is 19.4 Å². The first-order valence-electron chi connectivity index (χ1n) is 7.55. The summed E-state index contributed by atoms with van der Waals surface area (Å²) in [7, 11) is 1.72. The number of hydrogen-bond donors (Lipinski definition) is 0. The summed E-state index contributed by atoms with van der Waals surface area (Å²) in [4.78, 5) is 2.61. The molecule has 3 aliphatic rings. The number of rotatable bonds is 3. The number of hydrogen-bond acceptors (Lipinski definition) is 3. The molecule has 2 bridgehead atoms. The van der Waals surface area contributed by atoms with Crippen LogP contribution in [0.5, 0.6) is 5.75 Å². The fraction of sp³-hybridized carbons (Fsp3) is 0.562. The van der Waals surface area contributed by atoms with E-state index in [2.05, 4.69) is 26.8 Å². The van der Waals surface area contributed by atoms with Crippen LogP contribution in [0.4, 0.5) is 0 Å². The normalized spacial score (nSPS) is 28.9. The summed E-state index contributed by atoms with van der Waals surface area (Å²) < 4.78 is 7.51. The van der Waals surface area contributed by atoms with E-state index in [0.29, 0.717) is 0 Å². The molecule has 4 nitrogen and oxygen atoms in total. The number of aromatic nitrogens is 2. The number of benzene rings is 1. The Balaban J connectivity index is 1.62. The van der Waals surface area contributed by atoms with E-state index in [1.54, 1.807) is 7.11 Å². The highest BCUT2D eigenvalue weighted by Crippen LogP contribution is 2.33. The molecule has 1 unspecified atom stereocenters. The first-order chi connectivity index (χ1) is 9.83. The summed E-state index contributed by atoms with van der Waals surface area (Å²) in [5.74, 6) is 2.56. The van der Waals surface area contributed by atoms with Crippen LogP contribution in [0.3, 0.4) is 0 Å². The van der Waals surface area contributed by atoms with Crippen molar-refractivity contribution in [3.05, 3.63) is 24.4 Å². The Kier molecular flexibility index (Phi) is 2.91. The van der Waals surface area contributed by atoms with Gasteiger partial charge in [0.15, 0.2) is 0 Å². The summed E-state index contributed by atoms with van der Waals surface area (Å²) in [5, 5.41) is 5.79. The van der Waals surface area contributed by atoms with E-state index in [4.69, 9.17) is 4.74 Å². The lowest BCUT2D eigenvalue weighted by atomic mass is 9.79. The zero-order valence-electron chi connectivity index (χ0n) is 12.0. The van der Waals surface area contributed by atoms with Gasteiger partial charge in [0.2, 0.25) is 0 Å². The van der Waals surface area contributed by atoms with Gasteiger partial charge in [-0.3, -0.25) is 4.68 Å². The van der Waals surface area contributed by atoms with Crippen molar-refractivity contribution in [3.8, 4) is 5.75 Å². The Labute approximate surface area is 119 Å². The van der Waals surface area contributed by atoms with Crippen LogP contribution >= 0.6 is 0 Å². The number of fused-ring (bicyclic) bond motifs is 4. The quantitative estimate of drug-likeness (QED) is 0.858. The molecule has 0 saturated carbocycles. The van der Waals surface area contributed by atoms with Gasteiger partial charge in [0.05, 0.1) is 18.8 Å². The highest BCUT2D eigenvalue weighted by molar-refractivity contribution is 5.80. The number of methoxy groups -OCH3 is 1. The minimum Gasteiger partial charge on any atom is -0.497 e. The maximum absolute atomic E-state index is 5.34. The molecule has 4 heteroatoms. The molecule has 3 aliphatic heterocycles. The van der Waals surface area contributed by atoms with Crippen LogP contribution < -0.4 is 4.74 Å². The topological polar surface area (TPSA) is 30.3 Å². The molecule has 2 aromatic rings. The average Bonchev–Trinajstić information content (AvgIpc) is 2.91. The van der Waals surface area contributed by atoms with Crippen molar-refractivity contribution >= 4 is 10.9 Å². The van der Waals surface area contributed by atoms with Crippen molar-refractivity contribution in [2.24, 2.45) is 11.8 Å². The third-order valence-electron chi connectivity index (χ3n) is 5.05. The van der Waals surface area contributed by atoms with E-state index in [1.165, 1.54) is 43.4 Å². The minimum absolute atomic E-state index is 0.756. The monoisotopic (exact) mass is 271 g/mol. The fourth-order valence-electron chi connectivity index (χ4n) is 3.84. The molecule has 0 amide bonds. The van der Waals surface area contributed by atoms with Gasteiger partial charge in [-0.25, -0.2) is 0 Å². The summed E-state index contributed by atoms with van der Waals surface area (Å²) in [5.41, 5.74) is 1.20. The van der Waals surface area contributed by atoms with E-state index in [9.17, 15) is 0 Å². The third-order valence-corrected chi connectivity index (χ3v) is 5.05. The lowest BCUT2D eigenvalue weighted by Gasteiger charge is -2.44.